The van der Waals surface area contributed by atoms with Gasteiger partial charge in [-0.15, -0.1) is 0 Å². The lowest BCUT2D eigenvalue weighted by Gasteiger charge is -2.16. The summed E-state index contributed by atoms with van der Waals surface area (Å²) in [5.41, 5.74) is -5.49. The van der Waals surface area contributed by atoms with Gasteiger partial charge in [-0.2, -0.15) is 26.3 Å². The third-order valence-electron chi connectivity index (χ3n) is 2.09. The number of hydrogen-bond acceptors (Lipinski definition) is 2. The fourth-order valence-corrected chi connectivity index (χ4v) is 1.31. The maximum atomic E-state index is 12.4. The molecule has 0 fully saturated rings. The predicted octanol–water partition coefficient (Wildman–Crippen LogP) is 3.35. The molecule has 0 bridgehead atoms. The van der Waals surface area contributed by atoms with Crippen LogP contribution in [0.2, 0.25) is 0 Å². The molecule has 18 heavy (non-hydrogen) atoms. The topological polar surface area (TPSA) is 34.1 Å². The molecule has 0 aliphatic rings. The molecule has 98 valence electrons. The van der Waals surface area contributed by atoms with E-state index >= 15 is 0 Å². The Kier molecular flexibility index (Phi) is 3.50. The number of alkyl halides is 6. The second-order valence-corrected chi connectivity index (χ2v) is 3.26. The van der Waals surface area contributed by atoms with E-state index in [4.69, 9.17) is 0 Å². The molecule has 2 nitrogen and oxygen atoms in total. The van der Waals surface area contributed by atoms with Gasteiger partial charge in [-0.25, -0.2) is 0 Å². The quantitative estimate of drug-likeness (QED) is 0.610. The van der Waals surface area contributed by atoms with E-state index in [1.807, 2.05) is 0 Å². The van der Waals surface area contributed by atoms with Crippen LogP contribution in [-0.2, 0) is 12.4 Å². The molecule has 0 aliphatic heterocycles. The summed E-state index contributed by atoms with van der Waals surface area (Å²) in [6.45, 7) is 0. The monoisotopic (exact) mass is 270 g/mol. The van der Waals surface area contributed by atoms with Crippen molar-refractivity contribution >= 4 is 12.6 Å². The Morgan fingerprint density at radius 3 is 1.17 bits per heavy atom. The van der Waals surface area contributed by atoms with Gasteiger partial charge in [-0.05, 0) is 12.1 Å². The fraction of sp³-hybridized carbons (Fsp3) is 0.200. The van der Waals surface area contributed by atoms with E-state index < -0.39 is 34.6 Å². The highest BCUT2D eigenvalue weighted by atomic mass is 19.4. The number of aldehydes is 2. The first kappa shape index (κ1) is 14.2. The van der Waals surface area contributed by atoms with Gasteiger partial charge in [0.2, 0.25) is 0 Å². The van der Waals surface area contributed by atoms with Gasteiger partial charge in [0.05, 0.1) is 11.1 Å². The number of hydrogen-bond donors (Lipinski definition) is 0. The number of benzene rings is 1. The van der Waals surface area contributed by atoms with Crippen molar-refractivity contribution in [1.29, 1.82) is 0 Å². The normalized spacial score (nSPS) is 12.3. The summed E-state index contributed by atoms with van der Waals surface area (Å²) in [4.78, 5) is 20.8. The van der Waals surface area contributed by atoms with Crippen molar-refractivity contribution in [3.8, 4) is 0 Å². The number of halogens is 6. The van der Waals surface area contributed by atoms with Crippen LogP contribution in [-0.4, -0.2) is 12.6 Å². The number of rotatable bonds is 2. The van der Waals surface area contributed by atoms with Gasteiger partial charge in [-0.3, -0.25) is 9.59 Å². The van der Waals surface area contributed by atoms with Crippen LogP contribution in [0.5, 0.6) is 0 Å². The Morgan fingerprint density at radius 1 is 0.722 bits per heavy atom. The molecule has 0 aromatic heterocycles. The molecule has 0 saturated heterocycles. The van der Waals surface area contributed by atoms with Crippen LogP contribution < -0.4 is 0 Å². The predicted molar refractivity (Wildman–Crippen MR) is 47.2 cm³/mol. The van der Waals surface area contributed by atoms with Crippen molar-refractivity contribution in [3.63, 3.8) is 0 Å². The molecule has 0 unspecified atom stereocenters. The minimum atomic E-state index is -5.27. The molecule has 0 saturated carbocycles. The van der Waals surface area contributed by atoms with Gasteiger partial charge in [0.1, 0.15) is 0 Å². The summed E-state index contributed by atoms with van der Waals surface area (Å²) in [7, 11) is 0. The van der Waals surface area contributed by atoms with E-state index in [2.05, 4.69) is 0 Å². The van der Waals surface area contributed by atoms with Crippen molar-refractivity contribution in [1.82, 2.24) is 0 Å². The van der Waals surface area contributed by atoms with Crippen LogP contribution in [0.3, 0.4) is 0 Å². The smallest absolute Gasteiger partial charge is 0.298 e. The standard InChI is InChI=1S/C10H4F6O2/c11-9(12,13)7-1-5(3-17)6(4-18)2-8(7)10(14,15)16/h1-4H. The van der Waals surface area contributed by atoms with Crippen LogP contribution in [0.4, 0.5) is 26.3 Å². The summed E-state index contributed by atoms with van der Waals surface area (Å²) < 4.78 is 74.6. The highest BCUT2D eigenvalue weighted by Gasteiger charge is 2.43. The lowest BCUT2D eigenvalue weighted by molar-refractivity contribution is -0.162. The number of carbonyl (C=O) groups excluding carboxylic acids is 2. The van der Waals surface area contributed by atoms with Crippen LogP contribution in [0.25, 0.3) is 0 Å². The van der Waals surface area contributed by atoms with Gasteiger partial charge >= 0.3 is 12.4 Å². The summed E-state index contributed by atoms with van der Waals surface area (Å²) in [5.74, 6) is 0. The molecular formula is C10H4F6O2. The van der Waals surface area contributed by atoms with Crippen LogP contribution in [0.15, 0.2) is 12.1 Å². The van der Waals surface area contributed by atoms with Gasteiger partial charge in [-0.1, -0.05) is 0 Å². The molecule has 1 aromatic carbocycles. The second kappa shape index (κ2) is 4.43. The highest BCUT2D eigenvalue weighted by molar-refractivity contribution is 5.91. The van der Waals surface area contributed by atoms with Gasteiger partial charge in [0.15, 0.2) is 12.6 Å². The maximum Gasteiger partial charge on any atom is 0.417 e. The van der Waals surface area contributed by atoms with E-state index in [0.717, 1.165) is 0 Å². The van der Waals surface area contributed by atoms with Crippen molar-refractivity contribution < 1.29 is 35.9 Å². The third kappa shape index (κ3) is 2.69. The molecule has 0 heterocycles. The molecule has 1 rings (SSSR count). The second-order valence-electron chi connectivity index (χ2n) is 3.26. The van der Waals surface area contributed by atoms with E-state index in [-0.39, 0.29) is 24.7 Å². The zero-order chi connectivity index (χ0) is 14.1. The minimum Gasteiger partial charge on any atom is -0.298 e. The van der Waals surface area contributed by atoms with Gasteiger partial charge in [0.25, 0.3) is 0 Å². The van der Waals surface area contributed by atoms with Gasteiger partial charge in [0, 0.05) is 11.1 Å². The Labute approximate surface area is 96.2 Å². The first-order chi connectivity index (χ1) is 8.11. The molecule has 0 amide bonds. The molecule has 0 N–H and O–H groups in total. The molecule has 0 atom stereocenters. The minimum absolute atomic E-state index is 0.0134. The lowest BCUT2D eigenvalue weighted by Crippen LogP contribution is -2.18. The van der Waals surface area contributed by atoms with Crippen LogP contribution in [0.1, 0.15) is 31.8 Å². The Balaban J connectivity index is 3.67. The average molecular weight is 270 g/mol. The zero-order valence-electron chi connectivity index (χ0n) is 8.39. The summed E-state index contributed by atoms with van der Waals surface area (Å²) in [6.07, 6.45) is -10.8. The van der Waals surface area contributed by atoms with Crippen molar-refractivity contribution in [2.45, 2.75) is 12.4 Å². The SMILES string of the molecule is O=Cc1cc(C(F)(F)F)c(C(F)(F)F)cc1C=O. The zero-order valence-corrected chi connectivity index (χ0v) is 8.39. The number of carbonyl (C=O) groups is 2. The maximum absolute atomic E-state index is 12.4. The average Bonchev–Trinajstić information content (AvgIpc) is 2.24. The van der Waals surface area contributed by atoms with Crippen LogP contribution >= 0.6 is 0 Å². The van der Waals surface area contributed by atoms with E-state index in [1.165, 1.54) is 0 Å². The molecule has 0 radical (unpaired) electrons. The van der Waals surface area contributed by atoms with E-state index in [1.54, 1.807) is 0 Å². The largest absolute Gasteiger partial charge is 0.417 e. The summed E-state index contributed by atoms with van der Waals surface area (Å²) in [6, 6.07) is 0.0269. The van der Waals surface area contributed by atoms with E-state index in [0.29, 0.717) is 0 Å². The van der Waals surface area contributed by atoms with Crippen molar-refractivity contribution in [2.24, 2.45) is 0 Å². The first-order valence-electron chi connectivity index (χ1n) is 4.34. The van der Waals surface area contributed by atoms with Crippen molar-refractivity contribution in [3.05, 3.63) is 34.4 Å². The van der Waals surface area contributed by atoms with E-state index in [9.17, 15) is 35.9 Å². The third-order valence-corrected chi connectivity index (χ3v) is 2.09. The Morgan fingerprint density at radius 2 is 1.00 bits per heavy atom. The fourth-order valence-electron chi connectivity index (χ4n) is 1.31. The Hall–Kier alpha value is -1.86. The molecule has 0 spiro atoms. The van der Waals surface area contributed by atoms with Crippen LogP contribution in [0, 0.1) is 0 Å². The molecule has 8 heteroatoms. The Bertz CT molecular complexity index is 441. The first-order valence-corrected chi connectivity index (χ1v) is 4.34. The lowest BCUT2D eigenvalue weighted by atomic mass is 9.98. The molecule has 0 aliphatic carbocycles. The molecular weight excluding hydrogens is 266 g/mol. The highest BCUT2D eigenvalue weighted by Crippen LogP contribution is 2.41. The summed E-state index contributed by atoms with van der Waals surface area (Å²) in [5, 5.41) is 0. The van der Waals surface area contributed by atoms with Gasteiger partial charge < -0.3 is 0 Å². The molecule has 1 aromatic rings. The summed E-state index contributed by atoms with van der Waals surface area (Å²) >= 11 is 0. The van der Waals surface area contributed by atoms with Crippen molar-refractivity contribution in [2.75, 3.05) is 0 Å².